The van der Waals surface area contributed by atoms with E-state index in [1.165, 1.54) is 61.3 Å². The third-order valence-electron chi connectivity index (χ3n) is 5.96. The van der Waals surface area contributed by atoms with Crippen molar-refractivity contribution in [3.8, 4) is 0 Å². The first-order valence-corrected chi connectivity index (χ1v) is 9.24. The zero-order valence-electron chi connectivity index (χ0n) is 14.5. The summed E-state index contributed by atoms with van der Waals surface area (Å²) in [7, 11) is 0. The van der Waals surface area contributed by atoms with E-state index in [0.29, 0.717) is 5.41 Å². The molecule has 25 heavy (non-hydrogen) atoms. The standard InChI is InChI=1S/C21H24N4.H2/c1-2-4-20-17(3-1)13-18(23-20)14-24-11-7-21(15-24)8-12-25(16-21)19-5-9-22-10-6-19;/h1-6,9-10,13,23H,7-8,11-12,14-16H2;1H. The predicted octanol–water partition coefficient (Wildman–Crippen LogP) is 3.91. The SMILES string of the molecule is [HH].c1ccc2[nH]c(CN3CCC4(CCN(c5ccncc5)C4)C3)cc2c1. The van der Waals surface area contributed by atoms with E-state index < -0.39 is 0 Å². The molecule has 2 aromatic heterocycles. The van der Waals surface area contributed by atoms with E-state index in [4.69, 9.17) is 0 Å². The van der Waals surface area contributed by atoms with Gasteiger partial charge in [0.2, 0.25) is 0 Å². The first-order chi connectivity index (χ1) is 12.3. The van der Waals surface area contributed by atoms with Gasteiger partial charge in [0.15, 0.2) is 0 Å². The van der Waals surface area contributed by atoms with Gasteiger partial charge in [0.05, 0.1) is 0 Å². The van der Waals surface area contributed by atoms with E-state index in [1.807, 2.05) is 12.4 Å². The molecule has 2 aliphatic rings. The van der Waals surface area contributed by atoms with Gasteiger partial charge in [-0.25, -0.2) is 0 Å². The number of nitrogens with zero attached hydrogens (tertiary/aromatic N) is 3. The Morgan fingerprint density at radius 3 is 2.76 bits per heavy atom. The highest BCUT2D eigenvalue weighted by Crippen LogP contribution is 2.41. The van der Waals surface area contributed by atoms with Crippen LogP contribution in [0.25, 0.3) is 10.9 Å². The molecule has 130 valence electrons. The second-order valence-corrected chi connectivity index (χ2v) is 7.72. The maximum atomic E-state index is 4.14. The van der Waals surface area contributed by atoms with Crippen LogP contribution in [0.2, 0.25) is 0 Å². The summed E-state index contributed by atoms with van der Waals surface area (Å²) < 4.78 is 0. The number of benzene rings is 1. The largest absolute Gasteiger partial charge is 0.371 e. The van der Waals surface area contributed by atoms with Crippen LogP contribution in [0.5, 0.6) is 0 Å². The van der Waals surface area contributed by atoms with Crippen molar-refractivity contribution in [1.82, 2.24) is 14.9 Å². The maximum Gasteiger partial charge on any atom is 0.0456 e. The molecule has 2 aliphatic heterocycles. The summed E-state index contributed by atoms with van der Waals surface area (Å²) in [6.07, 6.45) is 6.42. The Labute approximate surface area is 150 Å². The lowest BCUT2D eigenvalue weighted by molar-refractivity contribution is 0.268. The molecule has 1 N–H and O–H groups in total. The molecule has 0 radical (unpaired) electrons. The Morgan fingerprint density at radius 1 is 1.04 bits per heavy atom. The number of likely N-dealkylation sites (tertiary alicyclic amines) is 1. The minimum Gasteiger partial charge on any atom is -0.371 e. The van der Waals surface area contributed by atoms with Gasteiger partial charge >= 0.3 is 0 Å². The van der Waals surface area contributed by atoms with Gasteiger partial charge in [0.1, 0.15) is 0 Å². The molecule has 1 unspecified atom stereocenters. The molecule has 1 aromatic carbocycles. The fourth-order valence-electron chi connectivity index (χ4n) is 4.67. The average Bonchev–Trinajstić information content (AvgIpc) is 3.35. The highest BCUT2D eigenvalue weighted by atomic mass is 15.2. The van der Waals surface area contributed by atoms with Gasteiger partial charge < -0.3 is 9.88 Å². The number of H-pyrrole nitrogens is 1. The Bertz CT molecular complexity index is 845. The molecule has 1 spiro atoms. The molecule has 1 atom stereocenters. The van der Waals surface area contributed by atoms with Gasteiger partial charge in [-0.05, 0) is 49.0 Å². The highest BCUT2D eigenvalue weighted by molar-refractivity contribution is 5.80. The number of anilines is 1. The summed E-state index contributed by atoms with van der Waals surface area (Å²) in [5.74, 6) is 0. The molecule has 0 amide bonds. The molecular weight excluding hydrogens is 308 g/mol. The number of hydrogen-bond donors (Lipinski definition) is 1. The van der Waals surface area contributed by atoms with Crippen molar-refractivity contribution in [2.24, 2.45) is 5.41 Å². The summed E-state index contributed by atoms with van der Waals surface area (Å²) in [5, 5.41) is 1.32. The number of hydrogen-bond acceptors (Lipinski definition) is 3. The third kappa shape index (κ3) is 2.81. The summed E-state index contributed by atoms with van der Waals surface area (Å²) in [6.45, 7) is 5.81. The van der Waals surface area contributed by atoms with Gasteiger partial charge in [-0.2, -0.15) is 0 Å². The maximum absolute atomic E-state index is 4.14. The second-order valence-electron chi connectivity index (χ2n) is 7.72. The van der Waals surface area contributed by atoms with Gasteiger partial charge in [0, 0.05) is 62.3 Å². The fourth-order valence-corrected chi connectivity index (χ4v) is 4.67. The molecule has 2 fully saturated rings. The topological polar surface area (TPSA) is 35.2 Å². The van der Waals surface area contributed by atoms with E-state index >= 15 is 0 Å². The molecule has 4 nitrogen and oxygen atoms in total. The van der Waals surface area contributed by atoms with Crippen LogP contribution in [0.4, 0.5) is 5.69 Å². The Morgan fingerprint density at radius 2 is 1.88 bits per heavy atom. The van der Waals surface area contributed by atoms with Crippen molar-refractivity contribution in [3.05, 3.63) is 60.6 Å². The van der Waals surface area contributed by atoms with E-state index in [-0.39, 0.29) is 1.43 Å². The van der Waals surface area contributed by atoms with Crippen molar-refractivity contribution >= 4 is 16.6 Å². The van der Waals surface area contributed by atoms with Crippen molar-refractivity contribution in [2.45, 2.75) is 19.4 Å². The van der Waals surface area contributed by atoms with Crippen LogP contribution in [0.3, 0.4) is 0 Å². The van der Waals surface area contributed by atoms with Crippen LogP contribution in [0, 0.1) is 5.41 Å². The summed E-state index contributed by atoms with van der Waals surface area (Å²) in [6, 6.07) is 15.1. The number of aromatic amines is 1. The lowest BCUT2D eigenvalue weighted by atomic mass is 9.86. The van der Waals surface area contributed by atoms with E-state index in [9.17, 15) is 0 Å². The van der Waals surface area contributed by atoms with Crippen LogP contribution in [-0.2, 0) is 6.54 Å². The minimum absolute atomic E-state index is 0. The normalized spacial score (nSPS) is 23.9. The van der Waals surface area contributed by atoms with Crippen LogP contribution < -0.4 is 4.90 Å². The summed E-state index contributed by atoms with van der Waals surface area (Å²) in [5.41, 5.74) is 4.37. The monoisotopic (exact) mass is 334 g/mol. The number of para-hydroxylation sites is 1. The minimum atomic E-state index is 0. The quantitative estimate of drug-likeness (QED) is 0.789. The second kappa shape index (κ2) is 5.88. The number of fused-ring (bicyclic) bond motifs is 1. The van der Waals surface area contributed by atoms with E-state index in [2.05, 4.69) is 62.2 Å². The van der Waals surface area contributed by atoms with Gasteiger partial charge in [0.25, 0.3) is 0 Å². The zero-order valence-corrected chi connectivity index (χ0v) is 14.5. The van der Waals surface area contributed by atoms with Crippen molar-refractivity contribution in [3.63, 3.8) is 0 Å². The molecule has 0 saturated carbocycles. The third-order valence-corrected chi connectivity index (χ3v) is 5.96. The van der Waals surface area contributed by atoms with E-state index in [1.54, 1.807) is 0 Å². The van der Waals surface area contributed by atoms with Gasteiger partial charge in [-0.3, -0.25) is 9.88 Å². The first kappa shape index (κ1) is 15.0. The molecule has 4 heterocycles. The van der Waals surface area contributed by atoms with Crippen LogP contribution in [0.1, 0.15) is 20.0 Å². The molecule has 4 heteroatoms. The van der Waals surface area contributed by atoms with Crippen molar-refractivity contribution < 1.29 is 1.43 Å². The van der Waals surface area contributed by atoms with E-state index in [0.717, 1.165) is 6.54 Å². The molecule has 2 saturated heterocycles. The fraction of sp³-hybridized carbons (Fsp3) is 0.381. The average molecular weight is 334 g/mol. The van der Waals surface area contributed by atoms with Crippen molar-refractivity contribution in [1.29, 1.82) is 0 Å². The van der Waals surface area contributed by atoms with Gasteiger partial charge in [-0.15, -0.1) is 0 Å². The zero-order chi connectivity index (χ0) is 16.7. The van der Waals surface area contributed by atoms with Gasteiger partial charge in [-0.1, -0.05) is 18.2 Å². The number of aromatic nitrogens is 2. The number of pyridine rings is 1. The molecule has 5 rings (SSSR count). The van der Waals surface area contributed by atoms with Crippen molar-refractivity contribution in [2.75, 3.05) is 31.1 Å². The predicted molar refractivity (Wildman–Crippen MR) is 104 cm³/mol. The lowest BCUT2D eigenvalue weighted by Crippen LogP contribution is -2.30. The first-order valence-electron chi connectivity index (χ1n) is 9.24. The Kier molecular flexibility index (Phi) is 3.52. The highest BCUT2D eigenvalue weighted by Gasteiger charge is 2.43. The number of rotatable bonds is 3. The number of nitrogens with one attached hydrogen (secondary N) is 1. The molecule has 3 aromatic rings. The lowest BCUT2D eigenvalue weighted by Gasteiger charge is -2.25. The summed E-state index contributed by atoms with van der Waals surface area (Å²) in [4.78, 5) is 12.9. The summed E-state index contributed by atoms with van der Waals surface area (Å²) >= 11 is 0. The van der Waals surface area contributed by atoms with Crippen LogP contribution >= 0.6 is 0 Å². The molecule has 0 aliphatic carbocycles. The molecule has 0 bridgehead atoms. The van der Waals surface area contributed by atoms with Crippen LogP contribution in [0.15, 0.2) is 54.9 Å². The Hall–Kier alpha value is -2.33. The Balaban J connectivity index is 0.00000168. The molecular formula is C21H26N4. The smallest absolute Gasteiger partial charge is 0.0456 e. The van der Waals surface area contributed by atoms with Crippen LogP contribution in [-0.4, -0.2) is 41.0 Å².